The molecule has 0 saturated heterocycles. The number of aryl methyl sites for hydroxylation is 2. The van der Waals surface area contributed by atoms with Crippen molar-refractivity contribution in [1.82, 2.24) is 4.57 Å². The highest BCUT2D eigenvalue weighted by Gasteiger charge is 2.09. The molecule has 0 unspecified atom stereocenters. The van der Waals surface area contributed by atoms with Gasteiger partial charge in [-0.3, -0.25) is 0 Å². The summed E-state index contributed by atoms with van der Waals surface area (Å²) < 4.78 is 8.98. The number of para-hydroxylation sites is 1. The van der Waals surface area contributed by atoms with Crippen LogP contribution < -0.4 is 4.74 Å². The Morgan fingerprint density at radius 3 is 2.88 bits per heavy atom. The molecule has 0 radical (unpaired) electrons. The number of nitrogens with zero attached hydrogens (tertiary/aromatic N) is 1. The zero-order valence-electron chi connectivity index (χ0n) is 9.66. The van der Waals surface area contributed by atoms with Crippen LogP contribution in [0, 0.1) is 6.92 Å². The van der Waals surface area contributed by atoms with E-state index in [-0.39, 0.29) is 0 Å². The molecule has 0 spiro atoms. The maximum Gasteiger partial charge on any atom is 0.143 e. The molecule has 0 aliphatic carbocycles. The van der Waals surface area contributed by atoms with Gasteiger partial charge in [0.25, 0.3) is 0 Å². The van der Waals surface area contributed by atoms with Crippen molar-refractivity contribution >= 4 is 33.5 Å². The summed E-state index contributed by atoms with van der Waals surface area (Å²) in [6, 6.07) is 8.45. The van der Waals surface area contributed by atoms with E-state index in [1.54, 1.807) is 7.11 Å². The van der Waals surface area contributed by atoms with Gasteiger partial charge in [0.15, 0.2) is 0 Å². The molecule has 86 valence electrons. The van der Waals surface area contributed by atoms with Crippen molar-refractivity contribution in [2.45, 2.75) is 19.9 Å². The van der Waals surface area contributed by atoms with Crippen LogP contribution in [-0.2, 0) is 6.54 Å². The minimum absolute atomic E-state index is 0.971. The van der Waals surface area contributed by atoms with Crippen LogP contribution in [0.3, 0.4) is 0 Å². The van der Waals surface area contributed by atoms with Crippen LogP contribution in [-0.4, -0.2) is 16.1 Å². The number of fused-ring (bicyclic) bond motifs is 1. The van der Waals surface area contributed by atoms with E-state index in [1.807, 2.05) is 12.1 Å². The zero-order valence-corrected chi connectivity index (χ0v) is 11.8. The van der Waals surface area contributed by atoms with Crippen molar-refractivity contribution < 1.29 is 4.74 Å². The molecule has 0 fully saturated rings. The predicted molar refractivity (Wildman–Crippen MR) is 76.7 cm³/mol. The lowest BCUT2D eigenvalue weighted by Gasteiger charge is -2.10. The molecule has 0 aliphatic rings. The van der Waals surface area contributed by atoms with Crippen molar-refractivity contribution in [2.24, 2.45) is 0 Å². The first-order valence-corrected chi connectivity index (χ1v) is 6.99. The highest BCUT2D eigenvalue weighted by molar-refractivity contribution is 14.1. The number of aromatic nitrogens is 1. The van der Waals surface area contributed by atoms with E-state index in [0.717, 1.165) is 12.3 Å². The number of hydrogen-bond acceptors (Lipinski definition) is 1. The van der Waals surface area contributed by atoms with Gasteiger partial charge in [0.1, 0.15) is 5.75 Å². The number of rotatable bonds is 4. The van der Waals surface area contributed by atoms with Crippen LogP contribution in [0.25, 0.3) is 10.9 Å². The number of benzene rings is 1. The minimum Gasteiger partial charge on any atom is -0.495 e. The third-order valence-electron chi connectivity index (χ3n) is 2.83. The number of ether oxygens (including phenoxy) is 1. The highest BCUT2D eigenvalue weighted by atomic mass is 127. The molecule has 0 bridgehead atoms. The van der Waals surface area contributed by atoms with Crippen LogP contribution in [0.5, 0.6) is 5.75 Å². The molecule has 1 heterocycles. The molecule has 2 aromatic rings. The summed E-state index contributed by atoms with van der Waals surface area (Å²) in [5.74, 6) is 0.971. The normalized spacial score (nSPS) is 10.9. The molecule has 0 aliphatic heterocycles. The Kier molecular flexibility index (Phi) is 3.74. The van der Waals surface area contributed by atoms with Crippen LogP contribution >= 0.6 is 22.6 Å². The summed E-state index contributed by atoms with van der Waals surface area (Å²) in [6.07, 6.45) is 1.20. The number of halogens is 1. The quantitative estimate of drug-likeness (QED) is 0.615. The first-order valence-electron chi connectivity index (χ1n) is 5.46. The molecule has 16 heavy (non-hydrogen) atoms. The molecule has 0 saturated carbocycles. The van der Waals surface area contributed by atoms with E-state index < -0.39 is 0 Å². The fraction of sp³-hybridized carbons (Fsp3) is 0.385. The van der Waals surface area contributed by atoms with Gasteiger partial charge in [-0.05, 0) is 25.5 Å². The molecule has 3 heteroatoms. The maximum absolute atomic E-state index is 5.44. The molecule has 2 nitrogen and oxygen atoms in total. The van der Waals surface area contributed by atoms with Crippen LogP contribution in [0.1, 0.15) is 12.1 Å². The van der Waals surface area contributed by atoms with Gasteiger partial charge in [0.2, 0.25) is 0 Å². The average molecular weight is 329 g/mol. The SMILES string of the molecule is COc1cccc2cc(C)n(CCCI)c12. The van der Waals surface area contributed by atoms with Gasteiger partial charge in [0, 0.05) is 22.1 Å². The van der Waals surface area contributed by atoms with Gasteiger partial charge >= 0.3 is 0 Å². The molecule has 2 rings (SSSR count). The van der Waals surface area contributed by atoms with E-state index in [2.05, 4.69) is 46.2 Å². The summed E-state index contributed by atoms with van der Waals surface area (Å²) in [7, 11) is 1.74. The van der Waals surface area contributed by atoms with Crippen molar-refractivity contribution in [3.63, 3.8) is 0 Å². The van der Waals surface area contributed by atoms with E-state index in [1.165, 1.54) is 27.4 Å². The van der Waals surface area contributed by atoms with E-state index in [0.29, 0.717) is 0 Å². The standard InChI is InChI=1S/C13H16INO/c1-10-9-11-5-3-6-12(16-2)13(11)15(10)8-4-7-14/h3,5-6,9H,4,7-8H2,1-2H3. The van der Waals surface area contributed by atoms with Crippen molar-refractivity contribution in [1.29, 1.82) is 0 Å². The van der Waals surface area contributed by atoms with Crippen molar-refractivity contribution in [3.8, 4) is 5.75 Å². The van der Waals surface area contributed by atoms with Gasteiger partial charge in [-0.15, -0.1) is 0 Å². The Morgan fingerprint density at radius 2 is 2.19 bits per heavy atom. The van der Waals surface area contributed by atoms with E-state index >= 15 is 0 Å². The van der Waals surface area contributed by atoms with E-state index in [9.17, 15) is 0 Å². The molecular weight excluding hydrogens is 313 g/mol. The Balaban J connectivity index is 2.56. The third kappa shape index (κ3) is 2.05. The number of hydrogen-bond donors (Lipinski definition) is 0. The van der Waals surface area contributed by atoms with Crippen molar-refractivity contribution in [2.75, 3.05) is 11.5 Å². The average Bonchev–Trinajstić information content (AvgIpc) is 2.62. The Morgan fingerprint density at radius 1 is 1.38 bits per heavy atom. The molecular formula is C13H16INO. The summed E-state index contributed by atoms with van der Waals surface area (Å²) >= 11 is 2.42. The first kappa shape index (κ1) is 11.8. The smallest absolute Gasteiger partial charge is 0.143 e. The molecule has 0 N–H and O–H groups in total. The van der Waals surface area contributed by atoms with Gasteiger partial charge in [-0.2, -0.15) is 0 Å². The fourth-order valence-corrected chi connectivity index (χ4v) is 2.44. The van der Waals surface area contributed by atoms with Crippen LogP contribution in [0.4, 0.5) is 0 Å². The van der Waals surface area contributed by atoms with Gasteiger partial charge in [-0.25, -0.2) is 0 Å². The van der Waals surface area contributed by atoms with Crippen LogP contribution in [0.2, 0.25) is 0 Å². The molecule has 1 aromatic heterocycles. The Hall–Kier alpha value is -0.710. The van der Waals surface area contributed by atoms with Gasteiger partial charge in [0.05, 0.1) is 12.6 Å². The third-order valence-corrected chi connectivity index (χ3v) is 3.59. The van der Waals surface area contributed by atoms with Crippen molar-refractivity contribution in [3.05, 3.63) is 30.0 Å². The summed E-state index contributed by atoms with van der Waals surface area (Å²) in [5, 5.41) is 1.27. The highest BCUT2D eigenvalue weighted by Crippen LogP contribution is 2.28. The topological polar surface area (TPSA) is 14.2 Å². The zero-order chi connectivity index (χ0) is 11.5. The summed E-state index contributed by atoms with van der Waals surface area (Å²) in [6.45, 7) is 3.23. The molecule has 0 atom stereocenters. The monoisotopic (exact) mass is 329 g/mol. The largest absolute Gasteiger partial charge is 0.495 e. The number of methoxy groups -OCH3 is 1. The lowest BCUT2D eigenvalue weighted by atomic mass is 10.2. The van der Waals surface area contributed by atoms with Gasteiger partial charge in [-0.1, -0.05) is 34.7 Å². The summed E-state index contributed by atoms with van der Waals surface area (Å²) in [4.78, 5) is 0. The first-order chi connectivity index (χ1) is 7.77. The second kappa shape index (κ2) is 5.08. The Labute approximate surface area is 110 Å². The second-order valence-electron chi connectivity index (χ2n) is 3.88. The van der Waals surface area contributed by atoms with Gasteiger partial charge < -0.3 is 9.30 Å². The summed E-state index contributed by atoms with van der Waals surface area (Å²) in [5.41, 5.74) is 2.54. The Bertz CT molecular complexity index is 490. The molecule has 0 amide bonds. The lowest BCUT2D eigenvalue weighted by molar-refractivity contribution is 0.417. The second-order valence-corrected chi connectivity index (χ2v) is 4.96. The lowest BCUT2D eigenvalue weighted by Crippen LogP contribution is -2.01. The van der Waals surface area contributed by atoms with E-state index in [4.69, 9.17) is 4.74 Å². The molecule has 1 aromatic carbocycles. The fourth-order valence-electron chi connectivity index (χ4n) is 2.09. The minimum atomic E-state index is 0.971. The van der Waals surface area contributed by atoms with Crippen LogP contribution in [0.15, 0.2) is 24.3 Å². The predicted octanol–water partition coefficient (Wildman–Crippen LogP) is 3.78. The maximum atomic E-state index is 5.44. The number of alkyl halides is 1.